The summed E-state index contributed by atoms with van der Waals surface area (Å²) in [5, 5.41) is 9.34. The Kier molecular flexibility index (Phi) is 7.94. The lowest BCUT2D eigenvalue weighted by molar-refractivity contribution is -0.136. The number of nitrogens with two attached hydrogens (primary N) is 1. The fourth-order valence-electron chi connectivity index (χ4n) is 4.59. The molecular formula is C24H37N3O4. The Morgan fingerprint density at radius 1 is 1.10 bits per heavy atom. The van der Waals surface area contributed by atoms with Crippen molar-refractivity contribution in [2.75, 3.05) is 32.6 Å². The summed E-state index contributed by atoms with van der Waals surface area (Å²) >= 11 is 0. The number of anilines is 1. The molecule has 3 N–H and O–H groups in total. The average molecular weight is 432 g/mol. The maximum atomic E-state index is 12.7. The van der Waals surface area contributed by atoms with Gasteiger partial charge in [0.1, 0.15) is 0 Å². The highest BCUT2D eigenvalue weighted by molar-refractivity contribution is 5.89. The predicted molar refractivity (Wildman–Crippen MR) is 121 cm³/mol. The van der Waals surface area contributed by atoms with Gasteiger partial charge in [0, 0.05) is 39.5 Å². The molecule has 2 saturated carbocycles. The Bertz CT molecular complexity index is 770. The Hall–Kier alpha value is -2.12. The maximum absolute atomic E-state index is 12.7. The molecule has 7 nitrogen and oxygen atoms in total. The van der Waals surface area contributed by atoms with Crippen LogP contribution in [0.4, 0.5) is 5.69 Å². The van der Waals surface area contributed by atoms with Gasteiger partial charge in [0.05, 0.1) is 18.2 Å². The van der Waals surface area contributed by atoms with Crippen LogP contribution in [0.3, 0.4) is 0 Å². The molecule has 1 atom stereocenters. The van der Waals surface area contributed by atoms with E-state index in [9.17, 15) is 14.7 Å². The number of rotatable bonds is 9. The number of benzene rings is 1. The highest BCUT2D eigenvalue weighted by Crippen LogP contribution is 2.32. The summed E-state index contributed by atoms with van der Waals surface area (Å²) in [5.74, 6) is -0.128. The van der Waals surface area contributed by atoms with Crippen molar-refractivity contribution >= 4 is 17.6 Å². The van der Waals surface area contributed by atoms with Gasteiger partial charge in [-0.3, -0.25) is 4.79 Å². The van der Waals surface area contributed by atoms with E-state index in [1.807, 2.05) is 37.0 Å². The van der Waals surface area contributed by atoms with Gasteiger partial charge in [0.2, 0.25) is 5.91 Å². The van der Waals surface area contributed by atoms with Crippen LogP contribution < -0.4 is 10.6 Å². The van der Waals surface area contributed by atoms with Crippen LogP contribution in [-0.2, 0) is 16.1 Å². The van der Waals surface area contributed by atoms with Crippen LogP contribution in [0.2, 0.25) is 0 Å². The fraction of sp³-hybridized carbons (Fsp3) is 0.667. The van der Waals surface area contributed by atoms with Gasteiger partial charge >= 0.3 is 5.97 Å². The van der Waals surface area contributed by atoms with E-state index >= 15 is 0 Å². The molecule has 1 amide bonds. The monoisotopic (exact) mass is 431 g/mol. The van der Waals surface area contributed by atoms with Crippen LogP contribution in [0.15, 0.2) is 18.2 Å². The van der Waals surface area contributed by atoms with Gasteiger partial charge in [0.25, 0.3) is 0 Å². The van der Waals surface area contributed by atoms with Crippen molar-refractivity contribution in [1.29, 1.82) is 0 Å². The van der Waals surface area contributed by atoms with Crippen molar-refractivity contribution in [1.82, 2.24) is 4.90 Å². The topological polar surface area (TPSA) is 96.1 Å². The largest absolute Gasteiger partial charge is 0.478 e. The SMILES string of the molecule is CN(C)c1cc(COCC2CCC([C@H](N)C(=O)N(C)C3CCC3)CC2)cc(C(=O)O)c1. The first kappa shape index (κ1) is 23.5. The molecule has 7 heteroatoms. The van der Waals surface area contributed by atoms with Gasteiger partial charge in [-0.05, 0) is 80.5 Å². The summed E-state index contributed by atoms with van der Waals surface area (Å²) in [4.78, 5) is 27.8. The van der Waals surface area contributed by atoms with Crippen molar-refractivity contribution < 1.29 is 19.4 Å². The minimum Gasteiger partial charge on any atom is -0.478 e. The third-order valence-electron chi connectivity index (χ3n) is 7.02. The molecule has 0 aromatic heterocycles. The normalized spacial score (nSPS) is 22.5. The lowest BCUT2D eigenvalue weighted by atomic mass is 9.78. The highest BCUT2D eigenvalue weighted by Gasteiger charge is 2.34. The van der Waals surface area contributed by atoms with E-state index in [0.29, 0.717) is 25.2 Å². The minimum atomic E-state index is -0.933. The van der Waals surface area contributed by atoms with Crippen molar-refractivity contribution in [3.8, 4) is 0 Å². The number of carboxylic acid groups (broad SMARTS) is 1. The molecule has 0 unspecified atom stereocenters. The third kappa shape index (κ3) is 5.98. The van der Waals surface area contributed by atoms with E-state index in [-0.39, 0.29) is 17.4 Å². The van der Waals surface area contributed by atoms with Crippen molar-refractivity contribution in [3.63, 3.8) is 0 Å². The molecule has 0 heterocycles. The summed E-state index contributed by atoms with van der Waals surface area (Å²) in [6.07, 6.45) is 7.35. The summed E-state index contributed by atoms with van der Waals surface area (Å²) in [5.41, 5.74) is 8.32. The molecule has 0 saturated heterocycles. The number of hydrogen-bond acceptors (Lipinski definition) is 5. The van der Waals surface area contributed by atoms with E-state index in [2.05, 4.69) is 0 Å². The quantitative estimate of drug-likeness (QED) is 0.624. The number of carboxylic acids is 1. The summed E-state index contributed by atoms with van der Waals surface area (Å²) in [7, 11) is 5.68. The summed E-state index contributed by atoms with van der Waals surface area (Å²) in [6.45, 7) is 1.04. The number of nitrogens with zero attached hydrogens (tertiary/aromatic N) is 2. The van der Waals surface area contributed by atoms with Gasteiger partial charge in [-0.15, -0.1) is 0 Å². The van der Waals surface area contributed by atoms with Crippen molar-refractivity contribution in [2.45, 2.75) is 63.6 Å². The first-order chi connectivity index (χ1) is 14.8. The average Bonchev–Trinajstić information content (AvgIpc) is 2.71. The van der Waals surface area contributed by atoms with Crippen LogP contribution in [0.25, 0.3) is 0 Å². The second kappa shape index (κ2) is 10.5. The van der Waals surface area contributed by atoms with Gasteiger partial charge < -0.3 is 25.4 Å². The van der Waals surface area contributed by atoms with Crippen LogP contribution in [0.1, 0.15) is 60.9 Å². The first-order valence-corrected chi connectivity index (χ1v) is 11.4. The number of carbonyl (C=O) groups is 2. The predicted octanol–water partition coefficient (Wildman–Crippen LogP) is 3.11. The van der Waals surface area contributed by atoms with Gasteiger partial charge in [0.15, 0.2) is 0 Å². The molecule has 1 aromatic rings. The first-order valence-electron chi connectivity index (χ1n) is 11.4. The molecule has 2 aliphatic carbocycles. The lowest BCUT2D eigenvalue weighted by Gasteiger charge is -2.38. The van der Waals surface area contributed by atoms with Crippen molar-refractivity contribution in [2.24, 2.45) is 17.6 Å². The third-order valence-corrected chi connectivity index (χ3v) is 7.02. The fourth-order valence-corrected chi connectivity index (χ4v) is 4.59. The molecule has 2 fully saturated rings. The molecule has 31 heavy (non-hydrogen) atoms. The number of hydrogen-bond donors (Lipinski definition) is 2. The zero-order valence-corrected chi connectivity index (χ0v) is 19.0. The summed E-state index contributed by atoms with van der Waals surface area (Å²) in [6, 6.07) is 5.30. The minimum absolute atomic E-state index is 0.0967. The molecule has 3 rings (SSSR count). The number of likely N-dealkylation sites (N-methyl/N-ethyl adjacent to an activating group) is 1. The molecule has 0 spiro atoms. The molecule has 0 aliphatic heterocycles. The van der Waals surface area contributed by atoms with E-state index < -0.39 is 12.0 Å². The van der Waals surface area contributed by atoms with Gasteiger partial charge in [-0.1, -0.05) is 0 Å². The Morgan fingerprint density at radius 2 is 1.77 bits per heavy atom. The van der Waals surface area contributed by atoms with Crippen LogP contribution >= 0.6 is 0 Å². The second-order valence-electron chi connectivity index (χ2n) is 9.44. The Morgan fingerprint density at radius 3 is 2.32 bits per heavy atom. The standard InChI is InChI=1S/C24H37N3O4/c1-26(2)21-12-17(11-19(13-21)24(29)30)15-31-14-16-7-9-18(10-8-16)22(25)23(28)27(3)20-5-4-6-20/h11-13,16,18,20,22H,4-10,14-15,25H2,1-3H3,(H,29,30)/t16?,18?,22-/m0/s1. The molecule has 0 radical (unpaired) electrons. The Balaban J connectivity index is 1.44. The van der Waals surface area contributed by atoms with E-state index in [1.165, 1.54) is 6.42 Å². The smallest absolute Gasteiger partial charge is 0.335 e. The molecule has 1 aromatic carbocycles. The molecule has 0 bridgehead atoms. The lowest BCUT2D eigenvalue weighted by Crippen LogP contribution is -2.52. The maximum Gasteiger partial charge on any atom is 0.335 e. The van der Waals surface area contributed by atoms with Crippen LogP contribution in [0, 0.1) is 11.8 Å². The molecule has 2 aliphatic rings. The zero-order valence-electron chi connectivity index (χ0n) is 19.0. The number of aromatic carboxylic acids is 1. The van der Waals surface area contributed by atoms with E-state index in [1.54, 1.807) is 12.1 Å². The van der Waals surface area contributed by atoms with Crippen LogP contribution in [-0.4, -0.2) is 61.7 Å². The van der Waals surface area contributed by atoms with Gasteiger partial charge in [-0.25, -0.2) is 4.79 Å². The number of ether oxygens (including phenoxy) is 1. The summed E-state index contributed by atoms with van der Waals surface area (Å²) < 4.78 is 5.95. The van der Waals surface area contributed by atoms with Crippen molar-refractivity contribution in [3.05, 3.63) is 29.3 Å². The second-order valence-corrected chi connectivity index (χ2v) is 9.44. The van der Waals surface area contributed by atoms with E-state index in [0.717, 1.165) is 49.8 Å². The molecular weight excluding hydrogens is 394 g/mol. The zero-order chi connectivity index (χ0) is 22.5. The Labute approximate surface area is 185 Å². The highest BCUT2D eigenvalue weighted by atomic mass is 16.5. The van der Waals surface area contributed by atoms with E-state index in [4.69, 9.17) is 10.5 Å². The number of carbonyl (C=O) groups excluding carboxylic acids is 1. The number of amides is 1. The van der Waals surface area contributed by atoms with Gasteiger partial charge in [-0.2, -0.15) is 0 Å². The van der Waals surface area contributed by atoms with Crippen LogP contribution in [0.5, 0.6) is 0 Å². The molecule has 172 valence electrons.